The van der Waals surface area contributed by atoms with Crippen molar-refractivity contribution in [1.29, 1.82) is 0 Å². The first-order chi connectivity index (χ1) is 9.24. The van der Waals surface area contributed by atoms with Crippen molar-refractivity contribution in [2.24, 2.45) is 5.92 Å². The van der Waals surface area contributed by atoms with Crippen LogP contribution in [-0.4, -0.2) is 42.4 Å². The maximum Gasteiger partial charge on any atom is 0.322 e. The molecule has 0 aromatic rings. The number of hydrogen-bond acceptors (Lipinski definition) is 3. The third-order valence-electron chi connectivity index (χ3n) is 3.57. The number of nitrogens with one attached hydrogen (secondary N) is 1. The molecule has 2 N–H and O–H groups in total. The Kier molecular flexibility index (Phi) is 6.42. The molecule has 1 rings (SSSR count). The quantitative estimate of drug-likeness (QED) is 0.747. The number of hydrogen-bond donors (Lipinski definition) is 2. The van der Waals surface area contributed by atoms with Gasteiger partial charge in [0.2, 0.25) is 0 Å². The molecule has 118 valence electrons. The Hall–Kier alpha value is -0.660. The highest BCUT2D eigenvalue weighted by molar-refractivity contribution is 7.87. The van der Waals surface area contributed by atoms with Crippen molar-refractivity contribution in [3.8, 4) is 0 Å². The number of carboxylic acid groups (broad SMARTS) is 1. The van der Waals surface area contributed by atoms with E-state index in [9.17, 15) is 13.2 Å². The molecule has 1 fully saturated rings. The summed E-state index contributed by atoms with van der Waals surface area (Å²) >= 11 is 0. The molecule has 0 aliphatic carbocycles. The first-order valence-electron chi connectivity index (χ1n) is 7.26. The van der Waals surface area contributed by atoms with Crippen molar-refractivity contribution < 1.29 is 18.3 Å². The summed E-state index contributed by atoms with van der Waals surface area (Å²) in [5, 5.41) is 9.15. The van der Waals surface area contributed by atoms with Crippen LogP contribution < -0.4 is 4.72 Å². The molecule has 0 amide bonds. The van der Waals surface area contributed by atoms with Crippen LogP contribution in [0.5, 0.6) is 0 Å². The Bertz CT molecular complexity index is 422. The first kappa shape index (κ1) is 17.4. The second-order valence-corrected chi connectivity index (χ2v) is 7.61. The zero-order chi connectivity index (χ0) is 15.3. The van der Waals surface area contributed by atoms with Gasteiger partial charge in [-0.05, 0) is 44.9 Å². The Morgan fingerprint density at radius 2 is 1.95 bits per heavy atom. The van der Waals surface area contributed by atoms with Gasteiger partial charge in [-0.1, -0.05) is 13.8 Å². The fourth-order valence-corrected chi connectivity index (χ4v) is 4.07. The molecule has 0 aromatic heterocycles. The van der Waals surface area contributed by atoms with Gasteiger partial charge in [0, 0.05) is 12.6 Å². The number of aliphatic carboxylic acids is 1. The number of nitrogens with zero attached hydrogens (tertiary/aromatic N) is 1. The smallest absolute Gasteiger partial charge is 0.322 e. The Balaban J connectivity index is 2.68. The average Bonchev–Trinajstić information content (AvgIpc) is 2.36. The lowest BCUT2D eigenvalue weighted by atomic mass is 10.1. The fraction of sp³-hybridized carbons (Fsp3) is 0.923. The Morgan fingerprint density at radius 1 is 1.30 bits per heavy atom. The van der Waals surface area contributed by atoms with Crippen molar-refractivity contribution in [3.05, 3.63) is 0 Å². The molecule has 0 radical (unpaired) electrons. The van der Waals surface area contributed by atoms with Gasteiger partial charge >= 0.3 is 5.97 Å². The van der Waals surface area contributed by atoms with Crippen LogP contribution in [0.3, 0.4) is 0 Å². The topological polar surface area (TPSA) is 86.7 Å². The molecule has 2 atom stereocenters. The summed E-state index contributed by atoms with van der Waals surface area (Å²) in [6.45, 7) is 6.28. The lowest BCUT2D eigenvalue weighted by Gasteiger charge is -2.32. The molecule has 2 unspecified atom stereocenters. The molecule has 1 aliphatic heterocycles. The molecule has 1 saturated heterocycles. The summed E-state index contributed by atoms with van der Waals surface area (Å²) in [5.41, 5.74) is 0. The van der Waals surface area contributed by atoms with Crippen LogP contribution in [0, 0.1) is 5.92 Å². The predicted octanol–water partition coefficient (Wildman–Crippen LogP) is 1.58. The van der Waals surface area contributed by atoms with E-state index in [1.54, 1.807) is 0 Å². The van der Waals surface area contributed by atoms with Crippen LogP contribution in [0.1, 0.15) is 52.9 Å². The maximum absolute atomic E-state index is 12.3. The van der Waals surface area contributed by atoms with Gasteiger partial charge in [-0.2, -0.15) is 17.4 Å². The zero-order valence-electron chi connectivity index (χ0n) is 12.5. The Morgan fingerprint density at radius 3 is 2.50 bits per heavy atom. The van der Waals surface area contributed by atoms with Crippen LogP contribution in [0.15, 0.2) is 0 Å². The number of rotatable bonds is 7. The van der Waals surface area contributed by atoms with Gasteiger partial charge in [-0.25, -0.2) is 0 Å². The lowest BCUT2D eigenvalue weighted by Crippen LogP contribution is -2.53. The Labute approximate surface area is 121 Å². The molecule has 20 heavy (non-hydrogen) atoms. The highest BCUT2D eigenvalue weighted by atomic mass is 32.2. The second-order valence-electron chi connectivity index (χ2n) is 5.96. The van der Waals surface area contributed by atoms with E-state index < -0.39 is 22.2 Å². The molecule has 1 aliphatic rings. The summed E-state index contributed by atoms with van der Waals surface area (Å²) in [4.78, 5) is 11.2. The van der Waals surface area contributed by atoms with Crippen molar-refractivity contribution in [3.63, 3.8) is 0 Å². The monoisotopic (exact) mass is 306 g/mol. The number of carboxylic acids is 1. The third-order valence-corrected chi connectivity index (χ3v) is 5.33. The van der Waals surface area contributed by atoms with Gasteiger partial charge in [0.1, 0.15) is 6.04 Å². The summed E-state index contributed by atoms with van der Waals surface area (Å²) in [7, 11) is -3.72. The molecule has 0 bridgehead atoms. The van der Waals surface area contributed by atoms with E-state index in [1.165, 1.54) is 0 Å². The average molecular weight is 306 g/mol. The van der Waals surface area contributed by atoms with Crippen LogP contribution >= 0.6 is 0 Å². The van der Waals surface area contributed by atoms with Gasteiger partial charge < -0.3 is 5.11 Å². The summed E-state index contributed by atoms with van der Waals surface area (Å²) in [6.07, 6.45) is 3.54. The predicted molar refractivity (Wildman–Crippen MR) is 77.6 cm³/mol. The minimum atomic E-state index is -3.72. The minimum Gasteiger partial charge on any atom is -0.480 e. The zero-order valence-corrected chi connectivity index (χ0v) is 13.3. The van der Waals surface area contributed by atoms with E-state index in [-0.39, 0.29) is 12.6 Å². The fourth-order valence-electron chi connectivity index (χ4n) is 2.40. The van der Waals surface area contributed by atoms with E-state index in [0.717, 1.165) is 23.6 Å². The van der Waals surface area contributed by atoms with Crippen molar-refractivity contribution in [2.75, 3.05) is 6.54 Å². The molecule has 6 nitrogen and oxygen atoms in total. The highest BCUT2D eigenvalue weighted by Crippen LogP contribution is 2.20. The largest absolute Gasteiger partial charge is 0.480 e. The second kappa shape index (κ2) is 7.38. The highest BCUT2D eigenvalue weighted by Gasteiger charge is 2.37. The third kappa shape index (κ3) is 5.03. The normalized spacial score (nSPS) is 22.9. The van der Waals surface area contributed by atoms with Gasteiger partial charge in [-0.3, -0.25) is 4.79 Å². The summed E-state index contributed by atoms with van der Waals surface area (Å²) < 4.78 is 28.3. The first-order valence-corrected chi connectivity index (χ1v) is 8.70. The van der Waals surface area contributed by atoms with E-state index in [4.69, 9.17) is 5.11 Å². The van der Waals surface area contributed by atoms with Crippen LogP contribution in [0.2, 0.25) is 0 Å². The maximum atomic E-state index is 12.3. The van der Waals surface area contributed by atoms with Gasteiger partial charge in [-0.15, -0.1) is 0 Å². The summed E-state index contributed by atoms with van der Waals surface area (Å²) in [6, 6.07) is -1.11. The lowest BCUT2D eigenvalue weighted by molar-refractivity contribution is -0.142. The van der Waals surface area contributed by atoms with E-state index >= 15 is 0 Å². The van der Waals surface area contributed by atoms with Gasteiger partial charge in [0.15, 0.2) is 0 Å². The van der Waals surface area contributed by atoms with Crippen molar-refractivity contribution in [2.45, 2.75) is 65.0 Å². The van der Waals surface area contributed by atoms with E-state index in [1.807, 2.05) is 6.92 Å². The van der Waals surface area contributed by atoms with Gasteiger partial charge in [0.25, 0.3) is 10.2 Å². The molecule has 0 saturated carbocycles. The molecule has 7 heteroatoms. The van der Waals surface area contributed by atoms with Crippen molar-refractivity contribution >= 4 is 16.2 Å². The van der Waals surface area contributed by atoms with E-state index in [0.29, 0.717) is 18.8 Å². The van der Waals surface area contributed by atoms with E-state index in [2.05, 4.69) is 18.6 Å². The number of piperidine rings is 1. The molecule has 1 heterocycles. The minimum absolute atomic E-state index is 0.182. The van der Waals surface area contributed by atoms with Crippen LogP contribution in [-0.2, 0) is 15.0 Å². The molecular formula is C13H26N2O4S. The van der Waals surface area contributed by atoms with Crippen LogP contribution in [0.4, 0.5) is 0 Å². The van der Waals surface area contributed by atoms with Crippen molar-refractivity contribution in [1.82, 2.24) is 9.03 Å². The SMILES string of the molecule is CC(C)CCC(C)NS(=O)(=O)N1CCCCC1C(=O)O. The summed E-state index contributed by atoms with van der Waals surface area (Å²) in [5.74, 6) is -0.548. The molecular weight excluding hydrogens is 280 g/mol. The van der Waals surface area contributed by atoms with Gasteiger partial charge in [0.05, 0.1) is 0 Å². The standard InChI is InChI=1S/C13H26N2O4S/c1-10(2)7-8-11(3)14-20(18,19)15-9-5-4-6-12(15)13(16)17/h10-12,14H,4-9H2,1-3H3,(H,16,17). The molecule has 0 aromatic carbocycles. The number of carbonyl (C=O) groups is 1. The van der Waals surface area contributed by atoms with Crippen LogP contribution in [0.25, 0.3) is 0 Å². The molecule has 0 spiro atoms.